The number of nitrogen functional groups attached to an aromatic ring is 1. The van der Waals surface area contributed by atoms with Crippen molar-refractivity contribution >= 4 is 44.3 Å². The number of carboxylic acid groups (broad SMARTS) is 1. The number of aryl methyl sites for hydroxylation is 2. The third kappa shape index (κ3) is 3.76. The fraction of sp³-hybridized carbons (Fsp3) is 0.192. The fourth-order valence-corrected chi connectivity index (χ4v) is 5.69. The molecule has 0 aliphatic heterocycles. The monoisotopic (exact) mass is 472 g/mol. The standard InChI is InChI=1S/C26H24N4O3S/c1-15-10-16(2)25-19(28-34-23(25)11-15)14-29-20-9-8-18(27)12-22(20)30(26(29)33)21(13-24(31)32)17-6-4-3-5-7-17/h3-12,21H,13-14,27H2,1-2H3,(H,31,32)/t21-/m1/s1. The molecular weight excluding hydrogens is 448 g/mol. The fourth-order valence-electron chi connectivity index (χ4n) is 4.73. The van der Waals surface area contributed by atoms with E-state index in [1.54, 1.807) is 21.3 Å². The van der Waals surface area contributed by atoms with E-state index in [1.807, 2.05) is 36.4 Å². The van der Waals surface area contributed by atoms with E-state index < -0.39 is 12.0 Å². The lowest BCUT2D eigenvalue weighted by atomic mass is 10.0. The number of anilines is 1. The van der Waals surface area contributed by atoms with Gasteiger partial charge in [0.15, 0.2) is 0 Å². The van der Waals surface area contributed by atoms with E-state index >= 15 is 0 Å². The molecule has 34 heavy (non-hydrogen) atoms. The summed E-state index contributed by atoms with van der Waals surface area (Å²) in [6.07, 6.45) is -0.226. The van der Waals surface area contributed by atoms with Crippen LogP contribution in [0.25, 0.3) is 21.1 Å². The molecule has 0 radical (unpaired) electrons. The maximum atomic E-state index is 13.9. The zero-order chi connectivity index (χ0) is 24.0. The summed E-state index contributed by atoms with van der Waals surface area (Å²) in [5.74, 6) is -0.984. The van der Waals surface area contributed by atoms with Crippen LogP contribution >= 0.6 is 11.5 Å². The first-order chi connectivity index (χ1) is 16.3. The molecule has 0 fully saturated rings. The number of nitrogens with two attached hydrogens (primary N) is 1. The molecule has 0 aliphatic rings. The van der Waals surface area contributed by atoms with Gasteiger partial charge in [0.05, 0.1) is 40.4 Å². The number of aromatic nitrogens is 3. The van der Waals surface area contributed by atoms with Crippen molar-refractivity contribution in [2.45, 2.75) is 32.9 Å². The number of aliphatic carboxylic acids is 1. The predicted octanol–water partition coefficient (Wildman–Crippen LogP) is 4.72. The molecular formula is C26H24N4O3S. The first kappa shape index (κ1) is 21.9. The van der Waals surface area contributed by atoms with E-state index in [1.165, 1.54) is 17.1 Å². The van der Waals surface area contributed by atoms with Crippen LogP contribution in [0, 0.1) is 13.8 Å². The molecule has 5 rings (SSSR count). The summed E-state index contributed by atoms with van der Waals surface area (Å²) in [7, 11) is 0. The molecule has 2 aromatic heterocycles. The van der Waals surface area contributed by atoms with Crippen molar-refractivity contribution in [1.82, 2.24) is 13.5 Å². The highest BCUT2D eigenvalue weighted by molar-refractivity contribution is 7.13. The number of hydrogen-bond acceptors (Lipinski definition) is 5. The second kappa shape index (κ2) is 8.46. The average molecular weight is 473 g/mol. The predicted molar refractivity (Wildman–Crippen MR) is 136 cm³/mol. The lowest BCUT2D eigenvalue weighted by Gasteiger charge is -2.17. The van der Waals surface area contributed by atoms with Crippen LogP contribution in [0.1, 0.15) is 34.8 Å². The largest absolute Gasteiger partial charge is 0.481 e. The number of rotatable bonds is 6. The van der Waals surface area contributed by atoms with Crippen molar-refractivity contribution in [1.29, 1.82) is 0 Å². The van der Waals surface area contributed by atoms with Crippen molar-refractivity contribution in [3.05, 3.63) is 93.5 Å². The summed E-state index contributed by atoms with van der Waals surface area (Å²) < 4.78 is 8.98. The molecule has 0 saturated heterocycles. The molecule has 0 bridgehead atoms. The summed E-state index contributed by atoms with van der Waals surface area (Å²) in [6, 6.07) is 18.1. The van der Waals surface area contributed by atoms with Gasteiger partial charge >= 0.3 is 11.7 Å². The zero-order valence-corrected chi connectivity index (χ0v) is 19.7. The number of nitrogens with zero attached hydrogens (tertiary/aromatic N) is 3. The second-order valence-corrected chi connectivity index (χ2v) is 9.40. The van der Waals surface area contributed by atoms with E-state index in [9.17, 15) is 14.7 Å². The van der Waals surface area contributed by atoms with E-state index in [2.05, 4.69) is 30.4 Å². The summed E-state index contributed by atoms with van der Waals surface area (Å²) in [4.78, 5) is 25.7. The van der Waals surface area contributed by atoms with Crippen LogP contribution in [-0.4, -0.2) is 24.6 Å². The Labute approximate surface area is 199 Å². The van der Waals surface area contributed by atoms with Gasteiger partial charge in [0.25, 0.3) is 0 Å². The molecule has 0 aliphatic carbocycles. The maximum Gasteiger partial charge on any atom is 0.330 e. The van der Waals surface area contributed by atoms with Crippen LogP contribution in [-0.2, 0) is 11.3 Å². The summed E-state index contributed by atoms with van der Waals surface area (Å²) >= 11 is 1.42. The van der Waals surface area contributed by atoms with Gasteiger partial charge in [-0.25, -0.2) is 4.79 Å². The number of carbonyl (C=O) groups is 1. The number of imidazole rings is 1. The lowest BCUT2D eigenvalue weighted by molar-refractivity contribution is -0.137. The first-order valence-corrected chi connectivity index (χ1v) is 11.7. The van der Waals surface area contributed by atoms with Crippen LogP contribution in [0.5, 0.6) is 0 Å². The Hall–Kier alpha value is -3.91. The van der Waals surface area contributed by atoms with Gasteiger partial charge in [0.2, 0.25) is 0 Å². The molecule has 5 aromatic rings. The normalized spacial score (nSPS) is 12.4. The van der Waals surface area contributed by atoms with Crippen molar-refractivity contribution in [3.8, 4) is 0 Å². The highest BCUT2D eigenvalue weighted by atomic mass is 32.1. The van der Waals surface area contributed by atoms with Crippen molar-refractivity contribution in [2.75, 3.05) is 5.73 Å². The Morgan fingerprint density at radius 1 is 1.09 bits per heavy atom. The SMILES string of the molecule is Cc1cc(C)c2c(Cn3c(=O)n([C@H](CC(=O)O)c4ccccc4)c4cc(N)ccc43)nsc2c1. The summed E-state index contributed by atoms with van der Waals surface area (Å²) in [5.41, 5.74) is 11.5. The zero-order valence-electron chi connectivity index (χ0n) is 18.9. The second-order valence-electron chi connectivity index (χ2n) is 8.60. The highest BCUT2D eigenvalue weighted by Gasteiger charge is 2.25. The Morgan fingerprint density at radius 3 is 2.59 bits per heavy atom. The van der Waals surface area contributed by atoms with Crippen LogP contribution in [0.15, 0.2) is 65.5 Å². The number of fused-ring (bicyclic) bond motifs is 2. The van der Waals surface area contributed by atoms with Crippen LogP contribution < -0.4 is 11.4 Å². The van der Waals surface area contributed by atoms with Crippen LogP contribution in [0.4, 0.5) is 5.69 Å². The minimum Gasteiger partial charge on any atom is -0.481 e. The molecule has 0 amide bonds. The molecule has 8 heteroatoms. The molecule has 0 spiro atoms. The van der Waals surface area contributed by atoms with Crippen molar-refractivity contribution < 1.29 is 9.90 Å². The number of benzene rings is 3. The minimum atomic E-state index is -0.984. The van der Waals surface area contributed by atoms with Gasteiger partial charge in [-0.3, -0.25) is 13.9 Å². The quantitative estimate of drug-likeness (QED) is 0.348. The smallest absolute Gasteiger partial charge is 0.330 e. The Balaban J connectivity index is 1.73. The van der Waals surface area contributed by atoms with Crippen molar-refractivity contribution in [3.63, 3.8) is 0 Å². The van der Waals surface area contributed by atoms with Gasteiger partial charge in [0, 0.05) is 11.1 Å². The number of carboxylic acids is 1. The minimum absolute atomic E-state index is 0.226. The Kier molecular flexibility index (Phi) is 5.45. The Bertz CT molecular complexity index is 1600. The van der Waals surface area contributed by atoms with E-state index in [0.29, 0.717) is 16.7 Å². The third-order valence-corrected chi connectivity index (χ3v) is 6.98. The van der Waals surface area contributed by atoms with E-state index in [4.69, 9.17) is 5.73 Å². The van der Waals surface area contributed by atoms with Crippen LogP contribution in [0.3, 0.4) is 0 Å². The Morgan fingerprint density at radius 2 is 1.85 bits per heavy atom. The van der Waals surface area contributed by atoms with Gasteiger partial charge < -0.3 is 10.8 Å². The molecule has 0 unspecified atom stereocenters. The first-order valence-electron chi connectivity index (χ1n) is 11.0. The molecule has 2 heterocycles. The lowest BCUT2D eigenvalue weighted by Crippen LogP contribution is -2.29. The van der Waals surface area contributed by atoms with Gasteiger partial charge in [-0.05, 0) is 66.3 Å². The van der Waals surface area contributed by atoms with Crippen molar-refractivity contribution in [2.24, 2.45) is 0 Å². The van der Waals surface area contributed by atoms with E-state index in [0.717, 1.165) is 26.9 Å². The molecule has 3 N–H and O–H groups in total. The maximum absolute atomic E-state index is 13.9. The van der Waals surface area contributed by atoms with Gasteiger partial charge in [0.1, 0.15) is 0 Å². The topological polar surface area (TPSA) is 103 Å². The molecule has 172 valence electrons. The van der Waals surface area contributed by atoms with Gasteiger partial charge in [-0.15, -0.1) is 0 Å². The summed E-state index contributed by atoms with van der Waals surface area (Å²) in [6.45, 7) is 4.39. The van der Waals surface area contributed by atoms with Gasteiger partial charge in [-0.2, -0.15) is 4.37 Å². The average Bonchev–Trinajstić information content (AvgIpc) is 3.31. The number of hydrogen-bond donors (Lipinski definition) is 2. The molecule has 0 saturated carbocycles. The van der Waals surface area contributed by atoms with Gasteiger partial charge in [-0.1, -0.05) is 36.4 Å². The van der Waals surface area contributed by atoms with Crippen LogP contribution in [0.2, 0.25) is 0 Å². The molecule has 7 nitrogen and oxygen atoms in total. The molecule has 1 atom stereocenters. The highest BCUT2D eigenvalue weighted by Crippen LogP contribution is 2.30. The third-order valence-electron chi connectivity index (χ3n) is 6.15. The molecule has 3 aromatic carbocycles. The summed E-state index contributed by atoms with van der Waals surface area (Å²) in [5, 5.41) is 10.7. The van der Waals surface area contributed by atoms with E-state index in [-0.39, 0.29) is 18.7 Å².